The molecule has 0 aliphatic carbocycles. The number of carbonyl (C=O) groups is 1. The molecule has 0 radical (unpaired) electrons. The van der Waals surface area contributed by atoms with E-state index in [2.05, 4.69) is 36.1 Å². The van der Waals surface area contributed by atoms with Crippen LogP contribution in [0.5, 0.6) is 0 Å². The lowest BCUT2D eigenvalue weighted by Crippen LogP contribution is -2.58. The zero-order valence-corrected chi connectivity index (χ0v) is 12.1. The van der Waals surface area contributed by atoms with Gasteiger partial charge in [0.2, 0.25) is 0 Å². The van der Waals surface area contributed by atoms with Crippen LogP contribution in [0.3, 0.4) is 0 Å². The Hall–Kier alpha value is -1.62. The summed E-state index contributed by atoms with van der Waals surface area (Å²) < 4.78 is 0. The standard InChI is InChI=1S/C14H22N4O/c1-14(2)10-18(8-7-17(14)4)13(19)11-5-6-16-12(9-11)15-3/h5-6,9H,7-8,10H2,1-4H3,(H,15,16). The summed E-state index contributed by atoms with van der Waals surface area (Å²) in [4.78, 5) is 20.9. The Balaban J connectivity index is 2.15. The third-order valence-electron chi connectivity index (χ3n) is 3.87. The molecule has 0 saturated carbocycles. The number of carbonyl (C=O) groups excluding carboxylic acids is 1. The van der Waals surface area contributed by atoms with Crippen LogP contribution in [-0.4, -0.2) is 60.0 Å². The van der Waals surface area contributed by atoms with Gasteiger partial charge in [-0.15, -0.1) is 0 Å². The van der Waals surface area contributed by atoms with Crippen LogP contribution < -0.4 is 5.32 Å². The maximum atomic E-state index is 12.5. The van der Waals surface area contributed by atoms with Crippen molar-refractivity contribution in [2.24, 2.45) is 0 Å². The molecule has 1 amide bonds. The second-order valence-corrected chi connectivity index (χ2v) is 5.64. The molecule has 1 saturated heterocycles. The van der Waals surface area contributed by atoms with Crippen molar-refractivity contribution in [2.75, 3.05) is 39.0 Å². The van der Waals surface area contributed by atoms with Gasteiger partial charge in [-0.25, -0.2) is 4.98 Å². The molecule has 5 heteroatoms. The molecule has 19 heavy (non-hydrogen) atoms. The predicted molar refractivity (Wildman–Crippen MR) is 76.4 cm³/mol. The first-order valence-corrected chi connectivity index (χ1v) is 6.58. The summed E-state index contributed by atoms with van der Waals surface area (Å²) in [5, 5.41) is 2.96. The van der Waals surface area contributed by atoms with Crippen LogP contribution in [0.15, 0.2) is 18.3 Å². The molecule has 0 bridgehead atoms. The second kappa shape index (κ2) is 5.17. The summed E-state index contributed by atoms with van der Waals surface area (Å²) in [5.41, 5.74) is 0.715. The number of rotatable bonds is 2. The van der Waals surface area contributed by atoms with Gasteiger partial charge in [-0.2, -0.15) is 0 Å². The van der Waals surface area contributed by atoms with E-state index in [0.29, 0.717) is 5.56 Å². The summed E-state index contributed by atoms with van der Waals surface area (Å²) in [6, 6.07) is 3.57. The SMILES string of the molecule is CNc1cc(C(=O)N2CCN(C)C(C)(C)C2)ccn1. The molecule has 2 rings (SSSR count). The Morgan fingerprint density at radius 3 is 2.79 bits per heavy atom. The first kappa shape index (κ1) is 13.8. The van der Waals surface area contributed by atoms with Gasteiger partial charge in [-0.05, 0) is 33.0 Å². The van der Waals surface area contributed by atoms with Crippen LogP contribution >= 0.6 is 0 Å². The molecule has 0 aromatic carbocycles. The van der Waals surface area contributed by atoms with E-state index in [-0.39, 0.29) is 11.4 Å². The molecule has 5 nitrogen and oxygen atoms in total. The largest absolute Gasteiger partial charge is 0.373 e. The number of likely N-dealkylation sites (N-methyl/N-ethyl adjacent to an activating group) is 1. The number of amides is 1. The van der Waals surface area contributed by atoms with Gasteiger partial charge in [0.05, 0.1) is 0 Å². The topological polar surface area (TPSA) is 48.5 Å². The highest BCUT2D eigenvalue weighted by molar-refractivity contribution is 5.95. The molecule has 1 aromatic rings. The number of nitrogens with zero attached hydrogens (tertiary/aromatic N) is 3. The maximum absolute atomic E-state index is 12.5. The fourth-order valence-corrected chi connectivity index (χ4v) is 2.30. The van der Waals surface area contributed by atoms with Crippen molar-refractivity contribution in [3.8, 4) is 0 Å². The fourth-order valence-electron chi connectivity index (χ4n) is 2.30. The maximum Gasteiger partial charge on any atom is 0.254 e. The van der Waals surface area contributed by atoms with Gasteiger partial charge in [0, 0.05) is 44.0 Å². The van der Waals surface area contributed by atoms with Crippen molar-refractivity contribution in [3.05, 3.63) is 23.9 Å². The highest BCUT2D eigenvalue weighted by Crippen LogP contribution is 2.20. The number of aromatic nitrogens is 1. The van der Waals surface area contributed by atoms with E-state index in [1.54, 1.807) is 25.4 Å². The van der Waals surface area contributed by atoms with Gasteiger partial charge in [0.1, 0.15) is 5.82 Å². The van der Waals surface area contributed by atoms with E-state index in [4.69, 9.17) is 0 Å². The zero-order chi connectivity index (χ0) is 14.0. The first-order valence-electron chi connectivity index (χ1n) is 6.58. The molecular formula is C14H22N4O. The van der Waals surface area contributed by atoms with Crippen molar-refractivity contribution in [2.45, 2.75) is 19.4 Å². The summed E-state index contributed by atoms with van der Waals surface area (Å²) in [5.74, 6) is 0.805. The van der Waals surface area contributed by atoms with E-state index in [0.717, 1.165) is 25.5 Å². The number of nitrogens with one attached hydrogen (secondary N) is 1. The average molecular weight is 262 g/mol. The molecule has 1 aliphatic rings. The Labute approximate surface area is 114 Å². The lowest BCUT2D eigenvalue weighted by atomic mass is 9.99. The Kier molecular flexibility index (Phi) is 3.75. The molecule has 1 aliphatic heterocycles. The van der Waals surface area contributed by atoms with Gasteiger partial charge < -0.3 is 10.2 Å². The molecule has 0 spiro atoms. The lowest BCUT2D eigenvalue weighted by Gasteiger charge is -2.45. The van der Waals surface area contributed by atoms with Crippen LogP contribution in [0, 0.1) is 0 Å². The van der Waals surface area contributed by atoms with Gasteiger partial charge in [0.15, 0.2) is 0 Å². The number of anilines is 1. The number of piperazine rings is 1. The number of hydrogen-bond acceptors (Lipinski definition) is 4. The fraction of sp³-hybridized carbons (Fsp3) is 0.571. The minimum atomic E-state index is 0.0206. The van der Waals surface area contributed by atoms with Crippen LogP contribution in [0.25, 0.3) is 0 Å². The van der Waals surface area contributed by atoms with Crippen molar-refractivity contribution in [1.82, 2.24) is 14.8 Å². The monoisotopic (exact) mass is 262 g/mol. The third-order valence-corrected chi connectivity index (χ3v) is 3.87. The van der Waals surface area contributed by atoms with Crippen LogP contribution in [0.1, 0.15) is 24.2 Å². The molecule has 1 fully saturated rings. The average Bonchev–Trinajstić information content (AvgIpc) is 2.41. The minimum Gasteiger partial charge on any atom is -0.373 e. The van der Waals surface area contributed by atoms with Crippen LogP contribution in [0.2, 0.25) is 0 Å². The smallest absolute Gasteiger partial charge is 0.254 e. The van der Waals surface area contributed by atoms with Gasteiger partial charge in [0.25, 0.3) is 5.91 Å². The number of pyridine rings is 1. The van der Waals surface area contributed by atoms with Gasteiger partial charge in [-0.3, -0.25) is 9.69 Å². The van der Waals surface area contributed by atoms with Crippen LogP contribution in [0.4, 0.5) is 5.82 Å². The van der Waals surface area contributed by atoms with E-state index >= 15 is 0 Å². The van der Waals surface area contributed by atoms with Crippen molar-refractivity contribution in [1.29, 1.82) is 0 Å². The quantitative estimate of drug-likeness (QED) is 0.872. The summed E-state index contributed by atoms with van der Waals surface area (Å²) >= 11 is 0. The lowest BCUT2D eigenvalue weighted by molar-refractivity contribution is 0.0311. The normalized spacial score (nSPS) is 19.3. The molecular weight excluding hydrogens is 240 g/mol. The summed E-state index contributed by atoms with van der Waals surface area (Å²) in [6.45, 7) is 6.76. The predicted octanol–water partition coefficient (Wildman–Crippen LogP) is 1.29. The van der Waals surface area contributed by atoms with Crippen molar-refractivity contribution in [3.63, 3.8) is 0 Å². The van der Waals surface area contributed by atoms with E-state index < -0.39 is 0 Å². The molecule has 1 N–H and O–H groups in total. The zero-order valence-electron chi connectivity index (χ0n) is 12.1. The van der Waals surface area contributed by atoms with Crippen molar-refractivity contribution < 1.29 is 4.79 Å². The second-order valence-electron chi connectivity index (χ2n) is 5.64. The summed E-state index contributed by atoms with van der Waals surface area (Å²) in [6.07, 6.45) is 1.67. The highest BCUT2D eigenvalue weighted by Gasteiger charge is 2.33. The molecule has 0 atom stereocenters. The van der Waals surface area contributed by atoms with Gasteiger partial charge >= 0.3 is 0 Å². The third kappa shape index (κ3) is 2.87. The minimum absolute atomic E-state index is 0.0206. The first-order chi connectivity index (χ1) is 8.94. The van der Waals surface area contributed by atoms with Crippen molar-refractivity contribution >= 4 is 11.7 Å². The summed E-state index contributed by atoms with van der Waals surface area (Å²) in [7, 11) is 3.91. The molecule has 104 valence electrons. The number of hydrogen-bond donors (Lipinski definition) is 1. The Bertz CT molecular complexity index is 472. The van der Waals surface area contributed by atoms with E-state index in [1.807, 2.05) is 4.90 Å². The molecule has 2 heterocycles. The Morgan fingerprint density at radius 2 is 2.16 bits per heavy atom. The highest BCUT2D eigenvalue weighted by atomic mass is 16.2. The van der Waals surface area contributed by atoms with Gasteiger partial charge in [-0.1, -0.05) is 0 Å². The van der Waals surface area contributed by atoms with E-state index in [9.17, 15) is 4.79 Å². The molecule has 0 unspecified atom stereocenters. The van der Waals surface area contributed by atoms with E-state index in [1.165, 1.54) is 0 Å². The molecule has 1 aromatic heterocycles. The van der Waals surface area contributed by atoms with Crippen LogP contribution in [-0.2, 0) is 0 Å². The Morgan fingerprint density at radius 1 is 1.42 bits per heavy atom.